The number of nitrogens with zero attached hydrogens (tertiary/aromatic N) is 2. The van der Waals surface area contributed by atoms with Crippen LogP contribution in [0.4, 0.5) is 5.69 Å². The molecule has 0 aliphatic carbocycles. The topological polar surface area (TPSA) is 99.5 Å². The number of esters is 1. The van der Waals surface area contributed by atoms with Crippen LogP contribution in [0.5, 0.6) is 5.75 Å². The monoisotopic (exact) mass is 421 g/mol. The Kier molecular flexibility index (Phi) is 6.81. The SMILES string of the molecule is CCOC(=O)c1nn(-c2ccccc2C)c(=O)cc1NC(=O)Cc1ccc(OC)cc1. The number of aromatic nitrogens is 2. The van der Waals surface area contributed by atoms with E-state index in [1.165, 1.54) is 6.07 Å². The molecule has 0 spiro atoms. The van der Waals surface area contributed by atoms with Gasteiger partial charge in [-0.05, 0) is 43.2 Å². The number of ether oxygens (including phenoxy) is 2. The molecule has 2 aromatic carbocycles. The minimum atomic E-state index is -0.732. The number of carbonyl (C=O) groups excluding carboxylic acids is 2. The Morgan fingerprint density at radius 1 is 1.10 bits per heavy atom. The summed E-state index contributed by atoms with van der Waals surface area (Å²) in [5.41, 5.74) is 1.47. The molecule has 0 aliphatic heterocycles. The highest BCUT2D eigenvalue weighted by Gasteiger charge is 2.20. The zero-order valence-corrected chi connectivity index (χ0v) is 17.5. The summed E-state index contributed by atoms with van der Waals surface area (Å²) in [5.74, 6) is -0.451. The Morgan fingerprint density at radius 2 is 1.81 bits per heavy atom. The van der Waals surface area contributed by atoms with Gasteiger partial charge >= 0.3 is 5.97 Å². The highest BCUT2D eigenvalue weighted by atomic mass is 16.5. The standard InChI is InChI=1S/C23H23N3O5/c1-4-31-23(29)22-18(24-20(27)13-16-9-11-17(30-3)12-10-16)14-21(28)26(25-22)19-8-6-5-7-15(19)2/h5-12,14H,4,13H2,1-3H3,(H,24,27). The number of amides is 1. The predicted octanol–water partition coefficient (Wildman–Crippen LogP) is 2.91. The van der Waals surface area contributed by atoms with Gasteiger partial charge in [-0.25, -0.2) is 4.79 Å². The maximum atomic E-state index is 12.7. The van der Waals surface area contributed by atoms with E-state index in [0.29, 0.717) is 11.4 Å². The average Bonchev–Trinajstić information content (AvgIpc) is 2.75. The molecule has 0 aliphatic rings. The Labute approximate surface area is 179 Å². The first-order valence-electron chi connectivity index (χ1n) is 9.73. The summed E-state index contributed by atoms with van der Waals surface area (Å²) in [5, 5.41) is 6.82. The second-order valence-electron chi connectivity index (χ2n) is 6.74. The third kappa shape index (κ3) is 5.16. The fourth-order valence-corrected chi connectivity index (χ4v) is 3.00. The number of rotatable bonds is 7. The minimum absolute atomic E-state index is 0.00629. The largest absolute Gasteiger partial charge is 0.497 e. The zero-order valence-electron chi connectivity index (χ0n) is 17.5. The molecule has 3 rings (SSSR count). The summed E-state index contributed by atoms with van der Waals surface area (Å²) in [7, 11) is 1.56. The molecule has 0 atom stereocenters. The minimum Gasteiger partial charge on any atom is -0.497 e. The first kappa shape index (κ1) is 21.8. The van der Waals surface area contributed by atoms with Gasteiger partial charge in [-0.2, -0.15) is 9.78 Å². The third-order valence-electron chi connectivity index (χ3n) is 4.54. The molecule has 0 radical (unpaired) electrons. The molecule has 0 fully saturated rings. The van der Waals surface area contributed by atoms with Crippen molar-refractivity contribution in [1.29, 1.82) is 0 Å². The quantitative estimate of drug-likeness (QED) is 0.589. The van der Waals surface area contributed by atoms with Gasteiger partial charge < -0.3 is 14.8 Å². The Morgan fingerprint density at radius 3 is 2.45 bits per heavy atom. The van der Waals surface area contributed by atoms with Gasteiger partial charge in [-0.15, -0.1) is 0 Å². The lowest BCUT2D eigenvalue weighted by Crippen LogP contribution is -2.28. The lowest BCUT2D eigenvalue weighted by Gasteiger charge is -2.13. The molecule has 0 saturated carbocycles. The van der Waals surface area contributed by atoms with Crippen molar-refractivity contribution in [2.45, 2.75) is 20.3 Å². The maximum absolute atomic E-state index is 12.7. The molecule has 0 saturated heterocycles. The molecule has 31 heavy (non-hydrogen) atoms. The van der Waals surface area contributed by atoms with Crippen molar-refractivity contribution in [3.05, 3.63) is 81.8 Å². The van der Waals surface area contributed by atoms with Crippen LogP contribution in [0.1, 0.15) is 28.5 Å². The number of carbonyl (C=O) groups is 2. The molecule has 0 bridgehead atoms. The van der Waals surface area contributed by atoms with Crippen molar-refractivity contribution in [3.8, 4) is 11.4 Å². The number of benzene rings is 2. The van der Waals surface area contributed by atoms with Gasteiger partial charge in [0.1, 0.15) is 5.75 Å². The molecule has 1 amide bonds. The fourth-order valence-electron chi connectivity index (χ4n) is 3.00. The van der Waals surface area contributed by atoms with Gasteiger partial charge in [-0.3, -0.25) is 9.59 Å². The molecule has 8 heteroatoms. The third-order valence-corrected chi connectivity index (χ3v) is 4.54. The Hall–Kier alpha value is -3.94. The van der Waals surface area contributed by atoms with Gasteiger partial charge in [0.25, 0.3) is 5.56 Å². The van der Waals surface area contributed by atoms with Crippen LogP contribution in [-0.4, -0.2) is 35.4 Å². The number of nitrogens with one attached hydrogen (secondary N) is 1. The summed E-state index contributed by atoms with van der Waals surface area (Å²) >= 11 is 0. The number of aryl methyl sites for hydroxylation is 1. The summed E-state index contributed by atoms with van der Waals surface area (Å²) in [4.78, 5) is 37.8. The van der Waals surface area contributed by atoms with Crippen LogP contribution >= 0.6 is 0 Å². The average molecular weight is 421 g/mol. The lowest BCUT2D eigenvalue weighted by molar-refractivity contribution is -0.115. The number of para-hydroxylation sites is 1. The van der Waals surface area contributed by atoms with Crippen LogP contribution in [-0.2, 0) is 16.0 Å². The van der Waals surface area contributed by atoms with Crippen molar-refractivity contribution in [2.24, 2.45) is 0 Å². The van der Waals surface area contributed by atoms with Crippen molar-refractivity contribution in [2.75, 3.05) is 19.0 Å². The summed E-state index contributed by atoms with van der Waals surface area (Å²) in [6, 6.07) is 15.4. The van der Waals surface area contributed by atoms with E-state index < -0.39 is 17.4 Å². The molecule has 8 nitrogen and oxygen atoms in total. The maximum Gasteiger partial charge on any atom is 0.360 e. The van der Waals surface area contributed by atoms with Gasteiger partial charge in [0.05, 0.1) is 31.5 Å². The molecule has 1 N–H and O–H groups in total. The predicted molar refractivity (Wildman–Crippen MR) is 116 cm³/mol. The summed E-state index contributed by atoms with van der Waals surface area (Å²) < 4.78 is 11.3. The molecular weight excluding hydrogens is 398 g/mol. The van der Waals surface area contributed by atoms with Crippen molar-refractivity contribution in [1.82, 2.24) is 9.78 Å². The summed E-state index contributed by atoms with van der Waals surface area (Å²) in [6.45, 7) is 3.62. The highest BCUT2D eigenvalue weighted by molar-refractivity contribution is 6.00. The van der Waals surface area contributed by atoms with Crippen molar-refractivity contribution >= 4 is 17.6 Å². The highest BCUT2D eigenvalue weighted by Crippen LogP contribution is 2.17. The van der Waals surface area contributed by atoms with E-state index in [1.807, 2.05) is 19.1 Å². The lowest BCUT2D eigenvalue weighted by atomic mass is 10.1. The van der Waals surface area contributed by atoms with Crippen LogP contribution < -0.4 is 15.6 Å². The van der Waals surface area contributed by atoms with Gasteiger partial charge in [0.15, 0.2) is 5.69 Å². The molecule has 1 aromatic heterocycles. The van der Waals surface area contributed by atoms with Crippen LogP contribution in [0.25, 0.3) is 5.69 Å². The van der Waals surface area contributed by atoms with E-state index in [0.717, 1.165) is 15.8 Å². The van der Waals surface area contributed by atoms with Crippen LogP contribution in [0.15, 0.2) is 59.4 Å². The van der Waals surface area contributed by atoms with Crippen LogP contribution in [0, 0.1) is 6.92 Å². The first-order valence-corrected chi connectivity index (χ1v) is 9.73. The first-order chi connectivity index (χ1) is 14.9. The zero-order chi connectivity index (χ0) is 22.4. The van der Waals surface area contributed by atoms with Crippen LogP contribution in [0.3, 0.4) is 0 Å². The van der Waals surface area contributed by atoms with E-state index in [-0.39, 0.29) is 24.4 Å². The second kappa shape index (κ2) is 9.71. The van der Waals surface area contributed by atoms with E-state index in [9.17, 15) is 14.4 Å². The molecule has 0 unspecified atom stereocenters. The molecular formula is C23H23N3O5. The molecule has 1 heterocycles. The number of methoxy groups -OCH3 is 1. The van der Waals surface area contributed by atoms with Gasteiger partial charge in [0.2, 0.25) is 5.91 Å². The Balaban J connectivity index is 1.93. The fraction of sp³-hybridized carbons (Fsp3) is 0.217. The van der Waals surface area contributed by atoms with Crippen molar-refractivity contribution < 1.29 is 19.1 Å². The Bertz CT molecular complexity index is 1150. The van der Waals surface area contributed by atoms with E-state index in [4.69, 9.17) is 9.47 Å². The molecule has 160 valence electrons. The van der Waals surface area contributed by atoms with E-state index >= 15 is 0 Å². The van der Waals surface area contributed by atoms with Gasteiger partial charge in [-0.1, -0.05) is 30.3 Å². The van der Waals surface area contributed by atoms with Crippen LogP contribution in [0.2, 0.25) is 0 Å². The normalized spacial score (nSPS) is 10.4. The molecule has 3 aromatic rings. The van der Waals surface area contributed by atoms with E-state index in [2.05, 4.69) is 10.4 Å². The smallest absolute Gasteiger partial charge is 0.360 e. The number of hydrogen-bond donors (Lipinski definition) is 1. The van der Waals surface area contributed by atoms with Crippen molar-refractivity contribution in [3.63, 3.8) is 0 Å². The summed E-state index contributed by atoms with van der Waals surface area (Å²) in [6.07, 6.45) is 0.0487. The second-order valence-corrected chi connectivity index (χ2v) is 6.74. The van der Waals surface area contributed by atoms with E-state index in [1.54, 1.807) is 50.4 Å². The number of anilines is 1. The van der Waals surface area contributed by atoms with Gasteiger partial charge in [0, 0.05) is 6.07 Å². The number of hydrogen-bond acceptors (Lipinski definition) is 6.